The summed E-state index contributed by atoms with van der Waals surface area (Å²) in [5, 5.41) is 0. The number of imidazole rings is 1. The van der Waals surface area contributed by atoms with Gasteiger partial charge < -0.3 is 10.7 Å². The molecule has 18 heavy (non-hydrogen) atoms. The maximum Gasteiger partial charge on any atom is 0.146 e. The lowest BCUT2D eigenvalue weighted by atomic mass is 10.2. The highest BCUT2D eigenvalue weighted by atomic mass is 19.1. The molecule has 1 heterocycles. The fourth-order valence-electron chi connectivity index (χ4n) is 1.79. The van der Waals surface area contributed by atoms with E-state index in [0.717, 1.165) is 0 Å². The van der Waals surface area contributed by atoms with E-state index in [0.29, 0.717) is 22.4 Å². The predicted octanol–water partition coefficient (Wildman–Crippen LogP) is 3.09. The van der Waals surface area contributed by atoms with Crippen LogP contribution < -0.4 is 5.73 Å². The smallest absolute Gasteiger partial charge is 0.146 e. The maximum atomic E-state index is 13.4. The van der Waals surface area contributed by atoms with Crippen LogP contribution in [0.2, 0.25) is 0 Å². The highest BCUT2D eigenvalue weighted by Crippen LogP contribution is 2.23. The molecule has 3 N–H and O–H groups in total. The summed E-state index contributed by atoms with van der Waals surface area (Å²) in [4.78, 5) is 7.21. The average Bonchev–Trinajstić information content (AvgIpc) is 2.75. The molecule has 5 heteroatoms. The lowest BCUT2D eigenvalue weighted by molar-refractivity contribution is 0.629. The van der Waals surface area contributed by atoms with Crippen LogP contribution in [0.5, 0.6) is 0 Å². The number of fused-ring (bicyclic) bond motifs is 1. The zero-order chi connectivity index (χ0) is 12.7. The maximum absolute atomic E-state index is 13.4. The van der Waals surface area contributed by atoms with E-state index in [1.54, 1.807) is 12.1 Å². The normalized spacial score (nSPS) is 11.0. The molecule has 0 fully saturated rings. The van der Waals surface area contributed by atoms with Crippen molar-refractivity contribution in [3.05, 3.63) is 48.0 Å². The first-order valence-corrected chi connectivity index (χ1v) is 5.34. The summed E-state index contributed by atoms with van der Waals surface area (Å²) in [7, 11) is 0. The first kappa shape index (κ1) is 10.7. The number of nitrogens with two attached hydrogens (primary N) is 1. The molecule has 0 spiro atoms. The van der Waals surface area contributed by atoms with E-state index in [2.05, 4.69) is 9.97 Å². The Kier molecular flexibility index (Phi) is 2.26. The van der Waals surface area contributed by atoms with Crippen molar-refractivity contribution >= 4 is 16.7 Å². The lowest BCUT2D eigenvalue weighted by Gasteiger charge is -1.99. The van der Waals surface area contributed by atoms with Gasteiger partial charge in [0, 0.05) is 5.56 Å². The molecule has 1 aromatic heterocycles. The van der Waals surface area contributed by atoms with Gasteiger partial charge in [-0.1, -0.05) is 0 Å². The van der Waals surface area contributed by atoms with Crippen molar-refractivity contribution < 1.29 is 8.78 Å². The molecule has 3 nitrogen and oxygen atoms in total. The highest BCUT2D eigenvalue weighted by Gasteiger charge is 2.08. The molecule has 2 aromatic carbocycles. The minimum atomic E-state index is -0.501. The molecule has 0 saturated carbocycles. The molecule has 90 valence electrons. The lowest BCUT2D eigenvalue weighted by Crippen LogP contribution is -1.91. The van der Waals surface area contributed by atoms with Crippen molar-refractivity contribution in [2.45, 2.75) is 0 Å². The SMILES string of the molecule is Nc1ccc(-c2nc3ccc(F)cc3[nH]2)cc1F. The van der Waals surface area contributed by atoms with Gasteiger partial charge in [-0.25, -0.2) is 13.8 Å². The first-order valence-electron chi connectivity index (χ1n) is 5.34. The number of hydrogen-bond acceptors (Lipinski definition) is 2. The molecular formula is C13H9F2N3. The van der Waals surface area contributed by atoms with Gasteiger partial charge >= 0.3 is 0 Å². The Morgan fingerprint density at radius 2 is 1.89 bits per heavy atom. The zero-order valence-corrected chi connectivity index (χ0v) is 9.24. The van der Waals surface area contributed by atoms with Gasteiger partial charge in [-0.2, -0.15) is 0 Å². The number of H-pyrrole nitrogens is 1. The Balaban J connectivity index is 2.16. The van der Waals surface area contributed by atoms with Gasteiger partial charge in [0.1, 0.15) is 17.5 Å². The molecular weight excluding hydrogens is 236 g/mol. The van der Waals surface area contributed by atoms with Crippen LogP contribution >= 0.6 is 0 Å². The van der Waals surface area contributed by atoms with Crippen LogP contribution in [-0.4, -0.2) is 9.97 Å². The first-order chi connectivity index (χ1) is 8.63. The molecule has 0 amide bonds. The van der Waals surface area contributed by atoms with E-state index in [9.17, 15) is 8.78 Å². The molecule has 0 aliphatic rings. The molecule has 3 rings (SSSR count). The fourth-order valence-corrected chi connectivity index (χ4v) is 1.79. The Hall–Kier alpha value is -2.43. The number of nitrogens with one attached hydrogen (secondary N) is 1. The van der Waals surface area contributed by atoms with Crippen LogP contribution in [-0.2, 0) is 0 Å². The average molecular weight is 245 g/mol. The molecule has 0 bridgehead atoms. The second-order valence-electron chi connectivity index (χ2n) is 3.98. The predicted molar refractivity (Wildman–Crippen MR) is 65.9 cm³/mol. The molecule has 0 saturated heterocycles. The Labute approximate surface area is 101 Å². The summed E-state index contributed by atoms with van der Waals surface area (Å²) in [6.45, 7) is 0. The third kappa shape index (κ3) is 1.69. The molecule has 0 atom stereocenters. The number of aromatic amines is 1. The Bertz CT molecular complexity index is 734. The van der Waals surface area contributed by atoms with E-state index in [4.69, 9.17) is 5.73 Å². The molecule has 0 aliphatic heterocycles. The quantitative estimate of drug-likeness (QED) is 0.647. The monoisotopic (exact) mass is 245 g/mol. The summed E-state index contributed by atoms with van der Waals surface area (Å²) >= 11 is 0. The number of nitrogen functional groups attached to an aromatic ring is 1. The van der Waals surface area contributed by atoms with E-state index in [1.165, 1.54) is 24.3 Å². The third-order valence-electron chi connectivity index (χ3n) is 2.72. The summed E-state index contributed by atoms with van der Waals surface area (Å²) in [6.07, 6.45) is 0. The summed E-state index contributed by atoms with van der Waals surface area (Å²) < 4.78 is 26.4. The largest absolute Gasteiger partial charge is 0.396 e. The van der Waals surface area contributed by atoms with Gasteiger partial charge in [0.2, 0.25) is 0 Å². The molecule has 0 aliphatic carbocycles. The number of rotatable bonds is 1. The van der Waals surface area contributed by atoms with E-state index in [-0.39, 0.29) is 11.5 Å². The summed E-state index contributed by atoms with van der Waals surface area (Å²) in [6, 6.07) is 8.67. The molecule has 0 unspecified atom stereocenters. The second-order valence-corrected chi connectivity index (χ2v) is 3.98. The van der Waals surface area contributed by atoms with E-state index in [1.807, 2.05) is 0 Å². The van der Waals surface area contributed by atoms with Crippen LogP contribution in [0, 0.1) is 11.6 Å². The van der Waals surface area contributed by atoms with E-state index >= 15 is 0 Å². The standard InChI is InChI=1S/C13H9F2N3/c14-8-2-4-11-12(6-8)18-13(17-11)7-1-3-10(16)9(15)5-7/h1-6H,16H2,(H,17,18). The van der Waals surface area contributed by atoms with Crippen molar-refractivity contribution in [3.63, 3.8) is 0 Å². The zero-order valence-electron chi connectivity index (χ0n) is 9.24. The van der Waals surface area contributed by atoms with Gasteiger partial charge in [0.25, 0.3) is 0 Å². The van der Waals surface area contributed by atoms with Crippen molar-refractivity contribution in [1.82, 2.24) is 9.97 Å². The summed E-state index contributed by atoms with van der Waals surface area (Å²) in [5.41, 5.74) is 7.26. The van der Waals surface area contributed by atoms with Gasteiger partial charge in [-0.05, 0) is 36.4 Å². The minimum absolute atomic E-state index is 0.0842. The molecule has 3 aromatic rings. The minimum Gasteiger partial charge on any atom is -0.396 e. The van der Waals surface area contributed by atoms with Crippen molar-refractivity contribution in [3.8, 4) is 11.4 Å². The van der Waals surface area contributed by atoms with Gasteiger partial charge in [0.05, 0.1) is 16.7 Å². The number of nitrogens with zero attached hydrogens (tertiary/aromatic N) is 1. The van der Waals surface area contributed by atoms with Gasteiger partial charge in [-0.3, -0.25) is 0 Å². The van der Waals surface area contributed by atoms with Crippen molar-refractivity contribution in [2.24, 2.45) is 0 Å². The van der Waals surface area contributed by atoms with Crippen molar-refractivity contribution in [2.75, 3.05) is 5.73 Å². The number of hydrogen-bond donors (Lipinski definition) is 2. The number of anilines is 1. The van der Waals surface area contributed by atoms with Gasteiger partial charge in [0.15, 0.2) is 0 Å². The number of halogens is 2. The Morgan fingerprint density at radius 3 is 2.67 bits per heavy atom. The number of benzene rings is 2. The van der Waals surface area contributed by atoms with Crippen LogP contribution in [0.25, 0.3) is 22.4 Å². The topological polar surface area (TPSA) is 54.7 Å². The second kappa shape index (κ2) is 3.80. The number of aromatic nitrogens is 2. The summed E-state index contributed by atoms with van der Waals surface area (Å²) in [5.74, 6) is -0.366. The Morgan fingerprint density at radius 1 is 1.06 bits per heavy atom. The highest BCUT2D eigenvalue weighted by molar-refractivity contribution is 5.79. The molecule has 0 radical (unpaired) electrons. The van der Waals surface area contributed by atoms with Crippen molar-refractivity contribution in [1.29, 1.82) is 0 Å². The van der Waals surface area contributed by atoms with E-state index < -0.39 is 5.82 Å². The van der Waals surface area contributed by atoms with Crippen LogP contribution in [0.15, 0.2) is 36.4 Å². The van der Waals surface area contributed by atoms with Crippen LogP contribution in [0.1, 0.15) is 0 Å². The fraction of sp³-hybridized carbons (Fsp3) is 0. The van der Waals surface area contributed by atoms with Crippen LogP contribution in [0.4, 0.5) is 14.5 Å². The van der Waals surface area contributed by atoms with Gasteiger partial charge in [-0.15, -0.1) is 0 Å². The van der Waals surface area contributed by atoms with Crippen LogP contribution in [0.3, 0.4) is 0 Å². The third-order valence-corrected chi connectivity index (χ3v) is 2.72.